The summed E-state index contributed by atoms with van der Waals surface area (Å²) in [6, 6.07) is 2.92. The van der Waals surface area contributed by atoms with E-state index in [-0.39, 0.29) is 0 Å². The maximum atomic E-state index is 3.71. The molecule has 98 valence electrons. The van der Waals surface area contributed by atoms with Crippen LogP contribution in [0, 0.1) is 5.92 Å². The quantitative estimate of drug-likeness (QED) is 0.684. The Kier molecular flexibility index (Phi) is 7.54. The molecule has 0 aromatic carbocycles. The molecule has 0 fully saturated rings. The molecule has 1 heterocycles. The predicted octanol–water partition coefficient (Wildman–Crippen LogP) is 4.49. The highest BCUT2D eigenvalue weighted by atomic mass is 32.1. The van der Waals surface area contributed by atoms with Crippen LogP contribution in [0.1, 0.15) is 52.0 Å². The monoisotopic (exact) mass is 253 g/mol. The summed E-state index contributed by atoms with van der Waals surface area (Å²) in [4.78, 5) is 0. The largest absolute Gasteiger partial charge is 0.314 e. The first-order chi connectivity index (χ1) is 8.30. The van der Waals surface area contributed by atoms with Crippen molar-refractivity contribution in [1.29, 1.82) is 0 Å². The zero-order valence-corrected chi connectivity index (χ0v) is 12.4. The van der Waals surface area contributed by atoms with E-state index in [9.17, 15) is 0 Å². The lowest BCUT2D eigenvalue weighted by Gasteiger charge is -2.23. The zero-order chi connectivity index (χ0) is 12.5. The highest BCUT2D eigenvalue weighted by Gasteiger charge is 2.14. The van der Waals surface area contributed by atoms with Crippen LogP contribution in [0.25, 0.3) is 0 Å². The highest BCUT2D eigenvalue weighted by molar-refractivity contribution is 7.07. The molecular weight excluding hydrogens is 226 g/mol. The van der Waals surface area contributed by atoms with Crippen molar-refractivity contribution in [1.82, 2.24) is 5.32 Å². The normalized spacial score (nSPS) is 13.2. The van der Waals surface area contributed by atoms with Crippen molar-refractivity contribution in [2.24, 2.45) is 5.92 Å². The molecule has 1 aromatic heterocycles. The van der Waals surface area contributed by atoms with Crippen LogP contribution in [0.15, 0.2) is 16.8 Å². The molecule has 0 aliphatic heterocycles. The van der Waals surface area contributed by atoms with E-state index in [0.29, 0.717) is 6.04 Å². The summed E-state index contributed by atoms with van der Waals surface area (Å²) < 4.78 is 0. The van der Waals surface area contributed by atoms with Gasteiger partial charge in [-0.1, -0.05) is 33.6 Å². The molecule has 1 aromatic rings. The number of hydrogen-bond donors (Lipinski definition) is 1. The third-order valence-corrected chi connectivity index (χ3v) is 4.25. The Morgan fingerprint density at radius 3 is 2.53 bits per heavy atom. The molecule has 1 rings (SSSR count). The van der Waals surface area contributed by atoms with Gasteiger partial charge in [0.15, 0.2) is 0 Å². The second-order valence-corrected chi connectivity index (χ2v) is 5.69. The molecule has 0 radical (unpaired) electrons. The number of rotatable bonds is 9. The molecule has 1 unspecified atom stereocenters. The van der Waals surface area contributed by atoms with Crippen LogP contribution in [-0.2, 0) is 6.42 Å². The van der Waals surface area contributed by atoms with Gasteiger partial charge in [-0.25, -0.2) is 0 Å². The molecule has 0 saturated heterocycles. The summed E-state index contributed by atoms with van der Waals surface area (Å²) in [6.45, 7) is 8.02. The Morgan fingerprint density at radius 1 is 1.24 bits per heavy atom. The van der Waals surface area contributed by atoms with Crippen LogP contribution >= 0.6 is 11.3 Å². The van der Waals surface area contributed by atoms with Crippen LogP contribution in [0.3, 0.4) is 0 Å². The molecule has 0 bridgehead atoms. The van der Waals surface area contributed by atoms with Crippen molar-refractivity contribution in [3.05, 3.63) is 22.4 Å². The van der Waals surface area contributed by atoms with Gasteiger partial charge in [0.25, 0.3) is 0 Å². The number of nitrogens with one attached hydrogen (secondary N) is 1. The summed E-state index contributed by atoms with van der Waals surface area (Å²) >= 11 is 1.81. The van der Waals surface area contributed by atoms with E-state index in [4.69, 9.17) is 0 Å². The molecule has 0 aliphatic carbocycles. The Hall–Kier alpha value is -0.340. The molecule has 0 amide bonds. The summed E-state index contributed by atoms with van der Waals surface area (Å²) in [5, 5.41) is 8.18. The lowest BCUT2D eigenvalue weighted by molar-refractivity contribution is 0.363. The minimum absolute atomic E-state index is 0.662. The van der Waals surface area contributed by atoms with Crippen molar-refractivity contribution in [3.63, 3.8) is 0 Å². The second-order valence-electron chi connectivity index (χ2n) is 4.90. The fourth-order valence-electron chi connectivity index (χ4n) is 2.30. The van der Waals surface area contributed by atoms with Crippen LogP contribution in [0.5, 0.6) is 0 Å². The van der Waals surface area contributed by atoms with Gasteiger partial charge in [-0.15, -0.1) is 0 Å². The topological polar surface area (TPSA) is 12.0 Å². The summed E-state index contributed by atoms with van der Waals surface area (Å²) in [5.74, 6) is 0.878. The minimum atomic E-state index is 0.662. The third-order valence-electron chi connectivity index (χ3n) is 3.52. The summed E-state index contributed by atoms with van der Waals surface area (Å²) in [7, 11) is 0. The Balaban J connectivity index is 2.47. The third kappa shape index (κ3) is 5.69. The van der Waals surface area contributed by atoms with E-state index in [1.54, 1.807) is 0 Å². The van der Waals surface area contributed by atoms with Gasteiger partial charge >= 0.3 is 0 Å². The van der Waals surface area contributed by atoms with Crippen LogP contribution in [-0.4, -0.2) is 12.6 Å². The standard InChI is InChI=1S/C15H27NS/c1-4-8-16-15(10-13(5-2)6-3)11-14-7-9-17-12-14/h7,9,12-13,15-16H,4-6,8,10-11H2,1-3H3. The summed E-state index contributed by atoms with van der Waals surface area (Å²) in [6.07, 6.45) is 6.36. The molecule has 0 spiro atoms. The molecule has 1 N–H and O–H groups in total. The lowest BCUT2D eigenvalue weighted by atomic mass is 9.92. The Morgan fingerprint density at radius 2 is 2.00 bits per heavy atom. The average molecular weight is 253 g/mol. The smallest absolute Gasteiger partial charge is 0.0110 e. The van der Waals surface area contributed by atoms with E-state index in [1.165, 1.54) is 37.7 Å². The van der Waals surface area contributed by atoms with E-state index in [2.05, 4.69) is 42.9 Å². The molecule has 17 heavy (non-hydrogen) atoms. The molecule has 2 heteroatoms. The molecule has 0 aliphatic rings. The van der Waals surface area contributed by atoms with Crippen LogP contribution in [0.4, 0.5) is 0 Å². The van der Waals surface area contributed by atoms with Gasteiger partial charge in [-0.2, -0.15) is 11.3 Å². The van der Waals surface area contributed by atoms with E-state index < -0.39 is 0 Å². The maximum Gasteiger partial charge on any atom is 0.0110 e. The predicted molar refractivity (Wildman–Crippen MR) is 78.8 cm³/mol. The SMILES string of the molecule is CCCNC(Cc1ccsc1)CC(CC)CC. The van der Waals surface area contributed by atoms with Crippen molar-refractivity contribution < 1.29 is 0 Å². The van der Waals surface area contributed by atoms with Crippen LogP contribution in [0.2, 0.25) is 0 Å². The van der Waals surface area contributed by atoms with Crippen molar-refractivity contribution in [2.75, 3.05) is 6.54 Å². The number of thiophene rings is 1. The van der Waals surface area contributed by atoms with Gasteiger partial charge in [0.05, 0.1) is 0 Å². The van der Waals surface area contributed by atoms with E-state index >= 15 is 0 Å². The van der Waals surface area contributed by atoms with Crippen molar-refractivity contribution in [3.8, 4) is 0 Å². The fourth-order valence-corrected chi connectivity index (χ4v) is 2.99. The molecule has 0 saturated carbocycles. The van der Waals surface area contributed by atoms with Crippen molar-refractivity contribution in [2.45, 2.75) is 58.9 Å². The van der Waals surface area contributed by atoms with Gasteiger partial charge in [-0.3, -0.25) is 0 Å². The zero-order valence-electron chi connectivity index (χ0n) is 11.5. The average Bonchev–Trinajstić information content (AvgIpc) is 2.85. The first kappa shape index (κ1) is 14.7. The van der Waals surface area contributed by atoms with Gasteiger partial charge in [0.1, 0.15) is 0 Å². The van der Waals surface area contributed by atoms with Crippen molar-refractivity contribution >= 4 is 11.3 Å². The molecule has 1 atom stereocenters. The highest BCUT2D eigenvalue weighted by Crippen LogP contribution is 2.18. The lowest BCUT2D eigenvalue weighted by Crippen LogP contribution is -2.33. The first-order valence-electron chi connectivity index (χ1n) is 7.04. The Bertz CT molecular complexity index is 264. The van der Waals surface area contributed by atoms with Gasteiger partial charge in [0, 0.05) is 6.04 Å². The number of hydrogen-bond acceptors (Lipinski definition) is 2. The summed E-state index contributed by atoms with van der Waals surface area (Å²) in [5.41, 5.74) is 1.49. The fraction of sp³-hybridized carbons (Fsp3) is 0.733. The molecule has 1 nitrogen and oxygen atoms in total. The van der Waals surface area contributed by atoms with Gasteiger partial charge < -0.3 is 5.32 Å². The van der Waals surface area contributed by atoms with E-state index in [0.717, 1.165) is 12.5 Å². The van der Waals surface area contributed by atoms with Gasteiger partial charge in [0.2, 0.25) is 0 Å². The Labute approximate surface area is 111 Å². The van der Waals surface area contributed by atoms with Gasteiger partial charge in [-0.05, 0) is 54.1 Å². The maximum absolute atomic E-state index is 3.71. The minimum Gasteiger partial charge on any atom is -0.314 e. The van der Waals surface area contributed by atoms with E-state index in [1.807, 2.05) is 11.3 Å². The first-order valence-corrected chi connectivity index (χ1v) is 7.98. The molecular formula is C15H27NS. The van der Waals surface area contributed by atoms with Crippen LogP contribution < -0.4 is 5.32 Å². The second kappa shape index (κ2) is 8.71.